The predicted octanol–water partition coefficient (Wildman–Crippen LogP) is 5.17. The molecule has 34 heavy (non-hydrogen) atoms. The molecule has 3 aromatic rings. The summed E-state index contributed by atoms with van der Waals surface area (Å²) in [4.78, 5) is 4.88. The van der Waals surface area contributed by atoms with Crippen LogP contribution in [0.5, 0.6) is 5.88 Å². The van der Waals surface area contributed by atoms with Crippen LogP contribution in [0, 0.1) is 13.8 Å². The van der Waals surface area contributed by atoms with Gasteiger partial charge in [-0.25, -0.2) is 13.5 Å². The van der Waals surface area contributed by atoms with Crippen molar-refractivity contribution >= 4 is 22.4 Å². The van der Waals surface area contributed by atoms with E-state index in [1.54, 1.807) is 12.3 Å². The summed E-state index contributed by atoms with van der Waals surface area (Å²) in [5.41, 5.74) is 14.3. The molecule has 1 aliphatic heterocycles. The number of benzene rings is 2. The molecule has 2 heterocycles. The molecule has 0 spiro atoms. The smallest absolute Gasteiger partial charge is 0.231 e. The second kappa shape index (κ2) is 10.6. The molecule has 0 saturated carbocycles. The third-order valence-corrected chi connectivity index (χ3v) is 8.04. The van der Waals surface area contributed by atoms with Crippen LogP contribution < -0.4 is 15.8 Å². The van der Waals surface area contributed by atoms with Crippen LogP contribution in [0.3, 0.4) is 0 Å². The summed E-state index contributed by atoms with van der Waals surface area (Å²) in [5.74, 6) is 0.703. The molecule has 7 heteroatoms. The SMILES string of the molecule is CCNc1ccc(C(CC)c2ccc(C)c(CN3CCOc4ncccc4S3=O)c2)c(C)c1N. The van der Waals surface area contributed by atoms with Crippen molar-refractivity contribution in [3.63, 3.8) is 0 Å². The zero-order chi connectivity index (χ0) is 24.2. The summed E-state index contributed by atoms with van der Waals surface area (Å²) < 4.78 is 21.0. The van der Waals surface area contributed by atoms with E-state index in [9.17, 15) is 4.21 Å². The molecule has 0 fully saturated rings. The number of hydrogen-bond acceptors (Lipinski definition) is 5. The first-order valence-electron chi connectivity index (χ1n) is 11.9. The van der Waals surface area contributed by atoms with Gasteiger partial charge in [0, 0.05) is 31.7 Å². The van der Waals surface area contributed by atoms with Gasteiger partial charge in [-0.2, -0.15) is 0 Å². The molecule has 4 rings (SSSR count). The van der Waals surface area contributed by atoms with Crippen LogP contribution in [0.2, 0.25) is 0 Å². The number of ether oxygens (including phenoxy) is 1. The van der Waals surface area contributed by atoms with Crippen LogP contribution in [0.4, 0.5) is 11.4 Å². The Morgan fingerprint density at radius 1 is 1.21 bits per heavy atom. The van der Waals surface area contributed by atoms with Crippen molar-refractivity contribution in [3.8, 4) is 5.88 Å². The van der Waals surface area contributed by atoms with E-state index in [-0.39, 0.29) is 5.92 Å². The molecule has 0 radical (unpaired) electrons. The molecular weight excluding hydrogens is 444 g/mol. The van der Waals surface area contributed by atoms with Gasteiger partial charge in [0.1, 0.15) is 22.5 Å². The fraction of sp³-hybridized carbons (Fsp3) is 0.370. The number of fused-ring (bicyclic) bond motifs is 1. The average molecular weight is 479 g/mol. The third kappa shape index (κ3) is 4.81. The highest BCUT2D eigenvalue weighted by Crippen LogP contribution is 2.36. The fourth-order valence-corrected chi connectivity index (χ4v) is 5.82. The maximum Gasteiger partial charge on any atom is 0.231 e. The van der Waals surface area contributed by atoms with Crippen LogP contribution in [-0.4, -0.2) is 33.2 Å². The van der Waals surface area contributed by atoms with Crippen LogP contribution in [0.1, 0.15) is 54.0 Å². The Bertz CT molecular complexity index is 1200. The summed E-state index contributed by atoms with van der Waals surface area (Å²) in [5, 5.41) is 3.34. The highest BCUT2D eigenvalue weighted by molar-refractivity contribution is 7.82. The lowest BCUT2D eigenvalue weighted by Crippen LogP contribution is -2.28. The summed E-state index contributed by atoms with van der Waals surface area (Å²) >= 11 is 0. The molecule has 0 bridgehead atoms. The van der Waals surface area contributed by atoms with E-state index >= 15 is 0 Å². The Morgan fingerprint density at radius 3 is 2.79 bits per heavy atom. The Labute approximate surface area is 205 Å². The predicted molar refractivity (Wildman–Crippen MR) is 140 cm³/mol. The van der Waals surface area contributed by atoms with E-state index in [0.29, 0.717) is 30.5 Å². The van der Waals surface area contributed by atoms with Crippen molar-refractivity contribution in [2.45, 2.75) is 51.5 Å². The molecule has 180 valence electrons. The van der Waals surface area contributed by atoms with Gasteiger partial charge >= 0.3 is 0 Å². The highest BCUT2D eigenvalue weighted by atomic mass is 32.2. The Morgan fingerprint density at radius 2 is 2.03 bits per heavy atom. The van der Waals surface area contributed by atoms with Crippen LogP contribution in [-0.2, 0) is 17.5 Å². The molecule has 2 aromatic carbocycles. The first-order chi connectivity index (χ1) is 16.4. The molecule has 0 saturated heterocycles. The molecule has 2 unspecified atom stereocenters. The zero-order valence-corrected chi connectivity index (χ0v) is 21.2. The van der Waals surface area contributed by atoms with Gasteiger partial charge in [0.2, 0.25) is 5.88 Å². The second-order valence-corrected chi connectivity index (χ2v) is 10.1. The van der Waals surface area contributed by atoms with Gasteiger partial charge in [-0.1, -0.05) is 31.2 Å². The number of anilines is 2. The van der Waals surface area contributed by atoms with Crippen LogP contribution >= 0.6 is 0 Å². The monoisotopic (exact) mass is 478 g/mol. The Hall–Kier alpha value is -2.90. The van der Waals surface area contributed by atoms with Gasteiger partial charge < -0.3 is 15.8 Å². The third-order valence-electron chi connectivity index (χ3n) is 6.57. The minimum Gasteiger partial charge on any atom is -0.475 e. The average Bonchev–Trinajstić information content (AvgIpc) is 2.99. The first-order valence-corrected chi connectivity index (χ1v) is 13.0. The van der Waals surface area contributed by atoms with Crippen LogP contribution in [0.25, 0.3) is 0 Å². The van der Waals surface area contributed by atoms with Crippen molar-refractivity contribution in [2.24, 2.45) is 0 Å². The van der Waals surface area contributed by atoms with E-state index in [2.05, 4.69) is 68.3 Å². The van der Waals surface area contributed by atoms with Crippen molar-refractivity contribution in [3.05, 3.63) is 76.5 Å². The lowest BCUT2D eigenvalue weighted by atomic mass is 9.84. The fourth-order valence-electron chi connectivity index (χ4n) is 4.59. The van der Waals surface area contributed by atoms with Gasteiger partial charge in [0.25, 0.3) is 0 Å². The van der Waals surface area contributed by atoms with Crippen LogP contribution in [0.15, 0.2) is 53.6 Å². The number of nitrogen functional groups attached to an aromatic ring is 1. The minimum absolute atomic E-state index is 0.236. The van der Waals surface area contributed by atoms with Gasteiger partial charge in [-0.05, 0) is 73.2 Å². The van der Waals surface area contributed by atoms with Crippen molar-refractivity contribution in [1.29, 1.82) is 0 Å². The topological polar surface area (TPSA) is 80.5 Å². The molecule has 3 N–H and O–H groups in total. The van der Waals surface area contributed by atoms with E-state index < -0.39 is 11.0 Å². The number of hydrogen-bond donors (Lipinski definition) is 2. The lowest BCUT2D eigenvalue weighted by Gasteiger charge is -2.24. The number of aromatic nitrogens is 1. The Balaban J connectivity index is 1.64. The minimum atomic E-state index is -1.32. The molecule has 1 aromatic heterocycles. The lowest BCUT2D eigenvalue weighted by molar-refractivity contribution is 0.272. The number of nitrogens with two attached hydrogens (primary N) is 1. The summed E-state index contributed by atoms with van der Waals surface area (Å²) in [6.45, 7) is 11.0. The van der Waals surface area contributed by atoms with Crippen molar-refractivity contribution in [2.75, 3.05) is 30.7 Å². The van der Waals surface area contributed by atoms with E-state index in [1.165, 1.54) is 22.3 Å². The number of aryl methyl sites for hydroxylation is 1. The maximum absolute atomic E-state index is 13.3. The normalized spacial score (nSPS) is 16.9. The van der Waals surface area contributed by atoms with Crippen molar-refractivity contribution < 1.29 is 8.95 Å². The summed E-state index contributed by atoms with van der Waals surface area (Å²) in [6, 6.07) is 14.6. The molecule has 0 amide bonds. The van der Waals surface area contributed by atoms with E-state index in [4.69, 9.17) is 10.5 Å². The highest BCUT2D eigenvalue weighted by Gasteiger charge is 2.25. The van der Waals surface area contributed by atoms with Gasteiger partial charge in [-0.15, -0.1) is 0 Å². The summed E-state index contributed by atoms with van der Waals surface area (Å²) in [7, 11) is -1.32. The quantitative estimate of drug-likeness (QED) is 0.458. The molecule has 1 aliphatic rings. The van der Waals surface area contributed by atoms with E-state index in [1.807, 2.05) is 10.4 Å². The standard InChI is InChI=1S/C27H34N4O2S/c1-5-22(23-11-12-24(29-6-2)26(28)19(23)4)20-10-9-18(3)21(16-20)17-31-14-15-33-27-25(34(31)32)8-7-13-30-27/h7-13,16,22,29H,5-6,14-15,17,28H2,1-4H3. The molecular formula is C27H34N4O2S. The second-order valence-electron chi connectivity index (χ2n) is 8.69. The summed E-state index contributed by atoms with van der Waals surface area (Å²) in [6.07, 6.45) is 2.63. The van der Waals surface area contributed by atoms with Gasteiger partial charge in [0.05, 0.1) is 11.4 Å². The number of rotatable bonds is 7. The molecule has 6 nitrogen and oxygen atoms in total. The largest absolute Gasteiger partial charge is 0.475 e. The number of nitrogens with zero attached hydrogens (tertiary/aromatic N) is 2. The molecule has 0 aliphatic carbocycles. The number of pyridine rings is 1. The maximum atomic E-state index is 13.3. The Kier molecular flexibility index (Phi) is 7.54. The first kappa shape index (κ1) is 24.2. The van der Waals surface area contributed by atoms with Gasteiger partial charge in [-0.3, -0.25) is 0 Å². The van der Waals surface area contributed by atoms with E-state index in [0.717, 1.165) is 29.9 Å². The van der Waals surface area contributed by atoms with Crippen molar-refractivity contribution in [1.82, 2.24) is 9.29 Å². The number of nitrogens with one attached hydrogen (secondary N) is 1. The van der Waals surface area contributed by atoms with Gasteiger partial charge in [0.15, 0.2) is 0 Å². The molecule has 2 atom stereocenters. The zero-order valence-electron chi connectivity index (χ0n) is 20.4.